The highest BCUT2D eigenvalue weighted by atomic mass is 16.6. The van der Waals surface area contributed by atoms with Crippen molar-refractivity contribution < 1.29 is 28.7 Å². The molecule has 4 aliphatic rings. The van der Waals surface area contributed by atoms with Crippen LogP contribution in [0, 0.1) is 28.6 Å². The molecule has 170 valence electrons. The van der Waals surface area contributed by atoms with Crippen LogP contribution in [0.3, 0.4) is 0 Å². The summed E-state index contributed by atoms with van der Waals surface area (Å²) >= 11 is 0. The molecule has 0 amide bonds. The maximum absolute atomic E-state index is 13.4. The van der Waals surface area contributed by atoms with Crippen LogP contribution >= 0.6 is 0 Å². The minimum absolute atomic E-state index is 0.0482. The average molecular weight is 431 g/mol. The summed E-state index contributed by atoms with van der Waals surface area (Å²) < 4.78 is 10.9. The molecule has 3 fully saturated rings. The summed E-state index contributed by atoms with van der Waals surface area (Å²) in [6, 6.07) is 0. The van der Waals surface area contributed by atoms with E-state index in [9.17, 15) is 19.2 Å². The molecule has 31 heavy (non-hydrogen) atoms. The van der Waals surface area contributed by atoms with E-state index in [0.29, 0.717) is 24.7 Å². The van der Waals surface area contributed by atoms with E-state index in [0.717, 1.165) is 38.5 Å². The molecule has 0 spiro atoms. The molecule has 0 aromatic heterocycles. The van der Waals surface area contributed by atoms with Gasteiger partial charge in [-0.2, -0.15) is 0 Å². The monoisotopic (exact) mass is 430 g/mol. The van der Waals surface area contributed by atoms with Gasteiger partial charge in [0.2, 0.25) is 5.78 Å². The van der Waals surface area contributed by atoms with Crippen molar-refractivity contribution in [3.63, 3.8) is 0 Å². The first kappa shape index (κ1) is 22.2. The van der Waals surface area contributed by atoms with Crippen molar-refractivity contribution in [1.29, 1.82) is 0 Å². The Labute approximate surface area is 184 Å². The number of fused-ring (bicyclic) bond motifs is 5. The maximum Gasteiger partial charge on any atom is 0.303 e. The third-order valence-corrected chi connectivity index (χ3v) is 9.26. The number of hydrogen-bond donors (Lipinski definition) is 0. The van der Waals surface area contributed by atoms with E-state index >= 15 is 0 Å². The van der Waals surface area contributed by atoms with Crippen molar-refractivity contribution in [2.75, 3.05) is 6.61 Å². The zero-order valence-corrected chi connectivity index (χ0v) is 19.1. The van der Waals surface area contributed by atoms with E-state index < -0.39 is 23.0 Å². The van der Waals surface area contributed by atoms with Gasteiger partial charge in [-0.05, 0) is 74.2 Å². The maximum atomic E-state index is 13.4. The molecule has 0 aliphatic heterocycles. The number of hydrogen-bond acceptors (Lipinski definition) is 6. The Balaban J connectivity index is 1.67. The van der Waals surface area contributed by atoms with E-state index in [1.54, 1.807) is 0 Å². The van der Waals surface area contributed by atoms with Gasteiger partial charge in [-0.25, -0.2) is 0 Å². The van der Waals surface area contributed by atoms with Crippen LogP contribution < -0.4 is 0 Å². The lowest BCUT2D eigenvalue weighted by molar-refractivity contribution is -0.190. The number of allylic oxidation sites excluding steroid dienone is 1. The average Bonchev–Trinajstić information content (AvgIpc) is 2.99. The molecule has 0 aromatic rings. The number of carbonyl (C=O) groups is 4. The van der Waals surface area contributed by atoms with Crippen LogP contribution in [0.5, 0.6) is 0 Å². The van der Waals surface area contributed by atoms with Crippen molar-refractivity contribution >= 4 is 23.5 Å². The number of carbonyl (C=O) groups excluding carboxylic acids is 4. The largest absolute Gasteiger partial charge is 0.458 e. The number of ketones is 2. The Bertz CT molecular complexity index is 858. The van der Waals surface area contributed by atoms with E-state index in [4.69, 9.17) is 9.47 Å². The number of rotatable bonds is 4. The van der Waals surface area contributed by atoms with Crippen molar-refractivity contribution in [3.05, 3.63) is 11.6 Å². The first-order chi connectivity index (χ1) is 14.5. The molecule has 6 heteroatoms. The Hall–Kier alpha value is -1.98. The fourth-order valence-electron chi connectivity index (χ4n) is 7.77. The van der Waals surface area contributed by atoms with Gasteiger partial charge in [0.15, 0.2) is 18.0 Å². The quantitative estimate of drug-likeness (QED) is 0.628. The second-order valence-electron chi connectivity index (χ2n) is 10.6. The standard InChI is InChI=1S/C25H34O6/c1-15(26)30-14-22(29)25(31-16(2)27)12-9-21-19-6-5-17-13-18(28)7-10-23(17,3)20(19)8-11-24(21,25)4/h13,19-21H,5-12,14H2,1-4H3/t19-,20+,21+,23-,24+,25+/m0/s1. The fourth-order valence-corrected chi connectivity index (χ4v) is 7.77. The van der Waals surface area contributed by atoms with Crippen LogP contribution in [0.15, 0.2) is 11.6 Å². The zero-order valence-electron chi connectivity index (χ0n) is 19.1. The Kier molecular flexibility index (Phi) is 5.42. The predicted molar refractivity (Wildman–Crippen MR) is 113 cm³/mol. The Morgan fingerprint density at radius 3 is 2.35 bits per heavy atom. The number of Topliss-reactive ketones (excluding diaryl/α,β-unsaturated/α-hetero) is 1. The lowest BCUT2D eigenvalue weighted by Crippen LogP contribution is -2.59. The molecule has 0 radical (unpaired) electrons. The van der Waals surface area contributed by atoms with E-state index in [-0.39, 0.29) is 29.5 Å². The smallest absolute Gasteiger partial charge is 0.303 e. The summed E-state index contributed by atoms with van der Waals surface area (Å²) in [5, 5.41) is 0. The van der Waals surface area contributed by atoms with Crippen molar-refractivity contribution in [2.24, 2.45) is 28.6 Å². The highest BCUT2D eigenvalue weighted by Gasteiger charge is 2.68. The second-order valence-corrected chi connectivity index (χ2v) is 10.6. The molecule has 6 atom stereocenters. The van der Waals surface area contributed by atoms with E-state index in [1.807, 2.05) is 6.08 Å². The van der Waals surface area contributed by atoms with Crippen LogP contribution in [-0.4, -0.2) is 35.7 Å². The van der Waals surface area contributed by atoms with Crippen molar-refractivity contribution in [3.8, 4) is 0 Å². The molecule has 4 rings (SSSR count). The molecular weight excluding hydrogens is 396 g/mol. The molecule has 0 bridgehead atoms. The third kappa shape index (κ3) is 3.28. The van der Waals surface area contributed by atoms with Crippen LogP contribution in [0.2, 0.25) is 0 Å². The second kappa shape index (κ2) is 7.56. The molecule has 0 aromatic carbocycles. The summed E-state index contributed by atoms with van der Waals surface area (Å²) in [6.45, 7) is 6.70. The van der Waals surface area contributed by atoms with Gasteiger partial charge < -0.3 is 9.47 Å². The van der Waals surface area contributed by atoms with Gasteiger partial charge in [-0.15, -0.1) is 0 Å². The molecule has 3 saturated carbocycles. The van der Waals surface area contributed by atoms with Gasteiger partial charge in [0, 0.05) is 25.7 Å². The highest BCUT2D eigenvalue weighted by Crippen LogP contribution is 2.68. The van der Waals surface area contributed by atoms with Crippen molar-refractivity contribution in [1.82, 2.24) is 0 Å². The topological polar surface area (TPSA) is 86.7 Å². The lowest BCUT2D eigenvalue weighted by Gasteiger charge is -2.59. The Morgan fingerprint density at radius 1 is 0.968 bits per heavy atom. The van der Waals surface area contributed by atoms with Gasteiger partial charge in [0.25, 0.3) is 0 Å². The first-order valence-electron chi connectivity index (χ1n) is 11.6. The van der Waals surface area contributed by atoms with Gasteiger partial charge >= 0.3 is 11.9 Å². The summed E-state index contributed by atoms with van der Waals surface area (Å²) in [7, 11) is 0. The van der Waals surface area contributed by atoms with Crippen LogP contribution in [0.4, 0.5) is 0 Å². The summed E-state index contributed by atoms with van der Waals surface area (Å²) in [5.74, 6) is 0.156. The van der Waals surface area contributed by atoms with Crippen LogP contribution in [0.25, 0.3) is 0 Å². The predicted octanol–water partition coefficient (Wildman–Crippen LogP) is 3.95. The normalized spacial score (nSPS) is 41.4. The molecule has 0 unspecified atom stereocenters. The molecule has 0 N–H and O–H groups in total. The van der Waals surface area contributed by atoms with Gasteiger partial charge in [-0.1, -0.05) is 19.4 Å². The molecule has 4 aliphatic carbocycles. The van der Waals surface area contributed by atoms with Crippen LogP contribution in [-0.2, 0) is 28.7 Å². The zero-order chi connectivity index (χ0) is 22.6. The van der Waals surface area contributed by atoms with Crippen LogP contribution in [0.1, 0.15) is 79.1 Å². The minimum Gasteiger partial charge on any atom is -0.458 e. The van der Waals surface area contributed by atoms with Crippen molar-refractivity contribution in [2.45, 2.75) is 84.7 Å². The molecule has 6 nitrogen and oxygen atoms in total. The fraction of sp³-hybridized carbons (Fsp3) is 0.760. The first-order valence-corrected chi connectivity index (χ1v) is 11.6. The summed E-state index contributed by atoms with van der Waals surface area (Å²) in [5.41, 5.74) is -0.348. The van der Waals surface area contributed by atoms with Gasteiger partial charge in [-0.3, -0.25) is 19.2 Å². The molecular formula is C25H34O6. The minimum atomic E-state index is -1.23. The van der Waals surface area contributed by atoms with E-state index in [1.165, 1.54) is 19.4 Å². The third-order valence-electron chi connectivity index (χ3n) is 9.26. The summed E-state index contributed by atoms with van der Waals surface area (Å²) in [6.07, 6.45) is 8.39. The Morgan fingerprint density at radius 2 is 1.68 bits per heavy atom. The SMILES string of the molecule is CC(=O)OCC(=O)[C@]1(OC(C)=O)CC[C@@H]2[C@H]3CCC4=CC(=O)CC[C@]4(C)[C@@H]3CC[C@]21C. The van der Waals surface area contributed by atoms with E-state index in [2.05, 4.69) is 13.8 Å². The molecule has 0 heterocycles. The number of ether oxygens (including phenoxy) is 2. The highest BCUT2D eigenvalue weighted by molar-refractivity contribution is 5.93. The lowest BCUT2D eigenvalue weighted by atomic mass is 9.46. The number of esters is 2. The molecule has 0 saturated heterocycles. The van der Waals surface area contributed by atoms with Gasteiger partial charge in [0.1, 0.15) is 0 Å². The van der Waals surface area contributed by atoms with Gasteiger partial charge in [0.05, 0.1) is 0 Å². The summed E-state index contributed by atoms with van der Waals surface area (Å²) in [4.78, 5) is 48.8.